The summed E-state index contributed by atoms with van der Waals surface area (Å²) < 4.78 is 11.6. The quantitative estimate of drug-likeness (QED) is 0.225. The Morgan fingerprint density at radius 3 is 1.32 bits per heavy atom. The van der Waals surface area contributed by atoms with E-state index in [9.17, 15) is 0 Å². The van der Waals surface area contributed by atoms with Crippen LogP contribution >= 0.6 is 59.7 Å². The summed E-state index contributed by atoms with van der Waals surface area (Å²) in [7, 11) is 0. The zero-order valence-electron chi connectivity index (χ0n) is 16.8. The average Bonchev–Trinajstić information content (AvgIpc) is 2.60. The van der Waals surface area contributed by atoms with E-state index in [0.29, 0.717) is 10.5 Å². The third-order valence-electron chi connectivity index (χ3n) is 2.80. The predicted octanol–water partition coefficient (Wildman–Crippen LogP) is 5.71. The second-order valence-corrected chi connectivity index (χ2v) is 11.4. The van der Waals surface area contributed by atoms with Crippen LogP contribution < -0.4 is 0 Å². The first-order valence-corrected chi connectivity index (χ1v) is 14.4. The SMILES string of the molecule is CCS.CCSCC(COCCOCC(CSCC)SCC)SCC. The van der Waals surface area contributed by atoms with Crippen molar-refractivity contribution in [2.45, 2.75) is 45.1 Å². The fraction of sp³-hybridized carbons (Fsp3) is 1.00. The van der Waals surface area contributed by atoms with Gasteiger partial charge in [-0.2, -0.15) is 59.7 Å². The van der Waals surface area contributed by atoms with Crippen molar-refractivity contribution in [3.8, 4) is 0 Å². The highest BCUT2D eigenvalue weighted by molar-refractivity contribution is 8.03. The van der Waals surface area contributed by atoms with Gasteiger partial charge in [-0.25, -0.2) is 0 Å². The van der Waals surface area contributed by atoms with Crippen LogP contribution in [0, 0.1) is 0 Å². The number of thioether (sulfide) groups is 4. The van der Waals surface area contributed by atoms with Gasteiger partial charge in [0.1, 0.15) is 0 Å². The highest BCUT2D eigenvalue weighted by atomic mass is 32.2. The normalized spacial score (nSPS) is 13.2. The third-order valence-corrected chi connectivity index (χ3v) is 7.53. The maximum absolute atomic E-state index is 5.80. The summed E-state index contributed by atoms with van der Waals surface area (Å²) in [5.74, 6) is 8.05. The topological polar surface area (TPSA) is 18.5 Å². The highest BCUT2D eigenvalue weighted by Crippen LogP contribution is 2.17. The van der Waals surface area contributed by atoms with E-state index in [2.05, 4.69) is 40.3 Å². The minimum absolute atomic E-state index is 0.624. The molecule has 2 unspecified atom stereocenters. The van der Waals surface area contributed by atoms with Crippen molar-refractivity contribution in [3.63, 3.8) is 0 Å². The molecule has 0 radical (unpaired) electrons. The maximum Gasteiger partial charge on any atom is 0.0701 e. The first-order valence-electron chi connectivity index (χ1n) is 9.34. The number of hydrogen-bond acceptors (Lipinski definition) is 7. The maximum atomic E-state index is 5.80. The zero-order valence-corrected chi connectivity index (χ0v) is 21.0. The lowest BCUT2D eigenvalue weighted by molar-refractivity contribution is 0.0513. The summed E-state index contributed by atoms with van der Waals surface area (Å²) in [6, 6.07) is 0. The summed E-state index contributed by atoms with van der Waals surface area (Å²) >= 11 is 11.8. The van der Waals surface area contributed by atoms with E-state index < -0.39 is 0 Å². The van der Waals surface area contributed by atoms with Crippen LogP contribution in [-0.4, -0.2) is 77.2 Å². The first kappa shape index (κ1) is 28.9. The number of hydrogen-bond donors (Lipinski definition) is 1. The summed E-state index contributed by atoms with van der Waals surface area (Å²) in [6.07, 6.45) is 0. The number of thiol groups is 1. The van der Waals surface area contributed by atoms with Crippen molar-refractivity contribution < 1.29 is 9.47 Å². The Hall–Kier alpha value is 1.67. The molecule has 2 atom stereocenters. The lowest BCUT2D eigenvalue weighted by atomic mass is 10.5. The molecule has 0 aliphatic carbocycles. The van der Waals surface area contributed by atoms with Crippen molar-refractivity contribution in [2.75, 3.05) is 66.7 Å². The molecule has 154 valence electrons. The molecule has 0 spiro atoms. The van der Waals surface area contributed by atoms with Crippen molar-refractivity contribution in [2.24, 2.45) is 0 Å². The van der Waals surface area contributed by atoms with E-state index in [0.717, 1.165) is 32.2 Å². The van der Waals surface area contributed by atoms with Crippen LogP contribution in [0.25, 0.3) is 0 Å². The predicted molar refractivity (Wildman–Crippen MR) is 131 cm³/mol. The summed E-state index contributed by atoms with van der Waals surface area (Å²) in [5.41, 5.74) is 0. The van der Waals surface area contributed by atoms with Crippen molar-refractivity contribution in [3.05, 3.63) is 0 Å². The molecule has 0 aromatic carbocycles. The van der Waals surface area contributed by atoms with Crippen molar-refractivity contribution in [1.82, 2.24) is 0 Å². The Balaban J connectivity index is 0. The first-order chi connectivity index (χ1) is 12.2. The molecule has 0 N–H and O–H groups in total. The van der Waals surface area contributed by atoms with Gasteiger partial charge in [-0.1, -0.05) is 34.6 Å². The van der Waals surface area contributed by atoms with Crippen LogP contribution in [-0.2, 0) is 9.47 Å². The molecule has 25 heavy (non-hydrogen) atoms. The molecular weight excluding hydrogens is 409 g/mol. The van der Waals surface area contributed by atoms with E-state index in [-0.39, 0.29) is 0 Å². The van der Waals surface area contributed by atoms with Gasteiger partial charge in [0, 0.05) is 22.0 Å². The third kappa shape index (κ3) is 23.6. The van der Waals surface area contributed by atoms with Crippen LogP contribution in [0.3, 0.4) is 0 Å². The Bertz CT molecular complexity index is 214. The molecule has 0 rings (SSSR count). The Morgan fingerprint density at radius 2 is 1.04 bits per heavy atom. The van der Waals surface area contributed by atoms with Crippen LogP contribution in [0.2, 0.25) is 0 Å². The fourth-order valence-corrected chi connectivity index (χ4v) is 5.67. The van der Waals surface area contributed by atoms with Crippen LogP contribution in [0.5, 0.6) is 0 Å². The fourth-order valence-electron chi connectivity index (χ4n) is 1.81. The molecule has 0 saturated heterocycles. The molecule has 7 heteroatoms. The average molecular weight is 449 g/mol. The van der Waals surface area contributed by atoms with E-state index in [1.807, 2.05) is 54.0 Å². The second kappa shape index (κ2) is 25.7. The largest absolute Gasteiger partial charge is 0.378 e. The molecule has 0 aromatic rings. The van der Waals surface area contributed by atoms with Gasteiger partial charge < -0.3 is 9.47 Å². The molecule has 0 fully saturated rings. The molecular formula is C18H40O2S5. The van der Waals surface area contributed by atoms with Crippen molar-refractivity contribution in [1.29, 1.82) is 0 Å². The van der Waals surface area contributed by atoms with E-state index >= 15 is 0 Å². The van der Waals surface area contributed by atoms with Gasteiger partial charge >= 0.3 is 0 Å². The van der Waals surface area contributed by atoms with Crippen LogP contribution in [0.4, 0.5) is 0 Å². The summed E-state index contributed by atoms with van der Waals surface area (Å²) in [4.78, 5) is 0. The molecule has 0 aliphatic rings. The van der Waals surface area contributed by atoms with Crippen LogP contribution in [0.1, 0.15) is 34.6 Å². The summed E-state index contributed by atoms with van der Waals surface area (Å²) in [6.45, 7) is 14.0. The van der Waals surface area contributed by atoms with Gasteiger partial charge in [0.15, 0.2) is 0 Å². The van der Waals surface area contributed by atoms with Gasteiger partial charge in [-0.3, -0.25) is 0 Å². The molecule has 0 bridgehead atoms. The Morgan fingerprint density at radius 1 is 0.680 bits per heavy atom. The van der Waals surface area contributed by atoms with Gasteiger partial charge in [0.05, 0.1) is 26.4 Å². The molecule has 0 aromatic heterocycles. The van der Waals surface area contributed by atoms with Gasteiger partial charge in [0.2, 0.25) is 0 Å². The molecule has 0 heterocycles. The Kier molecular flexibility index (Phi) is 29.6. The van der Waals surface area contributed by atoms with Crippen LogP contribution in [0.15, 0.2) is 0 Å². The van der Waals surface area contributed by atoms with Gasteiger partial charge in [0.25, 0.3) is 0 Å². The highest BCUT2D eigenvalue weighted by Gasteiger charge is 2.10. The summed E-state index contributed by atoms with van der Waals surface area (Å²) in [5, 5.41) is 1.25. The zero-order chi connectivity index (χ0) is 19.2. The lowest BCUT2D eigenvalue weighted by Gasteiger charge is -2.17. The van der Waals surface area contributed by atoms with Gasteiger partial charge in [-0.05, 0) is 28.8 Å². The second-order valence-electron chi connectivity index (χ2n) is 4.94. The van der Waals surface area contributed by atoms with Gasteiger partial charge in [-0.15, -0.1) is 0 Å². The standard InChI is InChI=1S/C16H34O2S4.C2H6S/c1-5-19-13-15(21-7-3)11-17-9-10-18-12-16(22-8-4)14-20-6-2;1-2-3/h15-16H,5-14H2,1-4H3;3H,2H2,1H3. The number of ether oxygens (including phenoxy) is 2. The Labute approximate surface area is 180 Å². The lowest BCUT2D eigenvalue weighted by Crippen LogP contribution is -2.20. The smallest absolute Gasteiger partial charge is 0.0701 e. The van der Waals surface area contributed by atoms with E-state index in [1.165, 1.54) is 34.5 Å². The minimum atomic E-state index is 0.624. The molecule has 0 aliphatic heterocycles. The monoisotopic (exact) mass is 448 g/mol. The minimum Gasteiger partial charge on any atom is -0.378 e. The van der Waals surface area contributed by atoms with E-state index in [1.54, 1.807) is 0 Å². The number of rotatable bonds is 17. The molecule has 0 saturated carbocycles. The van der Waals surface area contributed by atoms with E-state index in [4.69, 9.17) is 9.47 Å². The molecule has 2 nitrogen and oxygen atoms in total. The molecule has 0 amide bonds. The van der Waals surface area contributed by atoms with Crippen molar-refractivity contribution >= 4 is 59.7 Å².